The Morgan fingerprint density at radius 3 is 2.81 bits per heavy atom. The average molecular weight is 287 g/mol. The van der Waals surface area contributed by atoms with Gasteiger partial charge in [-0.1, -0.05) is 18.2 Å². The Morgan fingerprint density at radius 2 is 2.10 bits per heavy atom. The van der Waals surface area contributed by atoms with Crippen LogP contribution in [0, 0.1) is 5.92 Å². The zero-order valence-electron chi connectivity index (χ0n) is 12.6. The molecule has 0 spiro atoms. The molecule has 21 heavy (non-hydrogen) atoms. The van der Waals surface area contributed by atoms with Crippen LogP contribution in [0.4, 0.5) is 0 Å². The van der Waals surface area contributed by atoms with Gasteiger partial charge >= 0.3 is 0 Å². The van der Waals surface area contributed by atoms with Gasteiger partial charge in [0.25, 0.3) is 0 Å². The molecule has 2 aliphatic carbocycles. The minimum atomic E-state index is -0.544. The number of aliphatic hydroxyl groups is 1. The monoisotopic (exact) mass is 287 g/mol. The number of benzene rings is 1. The first-order chi connectivity index (χ1) is 10.1. The maximum atomic E-state index is 10.3. The van der Waals surface area contributed by atoms with Crippen molar-refractivity contribution in [3.05, 3.63) is 35.4 Å². The van der Waals surface area contributed by atoms with Crippen molar-refractivity contribution in [2.24, 2.45) is 5.92 Å². The third kappa shape index (κ3) is 1.69. The molecule has 0 amide bonds. The predicted octanol–water partition coefficient (Wildman–Crippen LogP) is 1.57. The fourth-order valence-electron chi connectivity index (χ4n) is 4.24. The molecule has 5 atom stereocenters. The van der Waals surface area contributed by atoms with Crippen LogP contribution in [0.5, 0.6) is 11.5 Å². The van der Waals surface area contributed by atoms with Gasteiger partial charge in [-0.3, -0.25) is 0 Å². The van der Waals surface area contributed by atoms with E-state index in [1.165, 1.54) is 11.1 Å². The topological polar surface area (TPSA) is 41.9 Å². The molecule has 1 unspecified atom stereocenters. The number of aliphatic hydroxyl groups excluding tert-OH is 1. The number of likely N-dealkylation sites (N-methyl/N-ethyl adjacent to an activating group) is 1. The molecule has 1 heterocycles. The molecule has 0 saturated carbocycles. The number of rotatable bonds is 2. The van der Waals surface area contributed by atoms with Gasteiger partial charge in [-0.05, 0) is 32.1 Å². The SMILES string of the molecule is COc1ccc2c3c1O[C@@H]1C3[C@@H](C=C[C@@H]1O)[C@H](N(C)C)C2. The zero-order chi connectivity index (χ0) is 14.7. The third-order valence-electron chi connectivity index (χ3n) is 5.23. The Morgan fingerprint density at radius 1 is 1.29 bits per heavy atom. The van der Waals surface area contributed by atoms with Gasteiger partial charge in [-0.2, -0.15) is 0 Å². The van der Waals surface area contributed by atoms with Crippen LogP contribution in [0.3, 0.4) is 0 Å². The van der Waals surface area contributed by atoms with Crippen molar-refractivity contribution in [3.63, 3.8) is 0 Å². The van der Waals surface area contributed by atoms with Crippen LogP contribution in [-0.4, -0.2) is 49.5 Å². The van der Waals surface area contributed by atoms with Gasteiger partial charge in [0.2, 0.25) is 0 Å². The Balaban J connectivity index is 1.90. The largest absolute Gasteiger partial charge is 0.493 e. The lowest BCUT2D eigenvalue weighted by Gasteiger charge is -2.43. The van der Waals surface area contributed by atoms with E-state index >= 15 is 0 Å². The average Bonchev–Trinajstić information content (AvgIpc) is 2.88. The van der Waals surface area contributed by atoms with E-state index in [2.05, 4.69) is 31.1 Å². The van der Waals surface area contributed by atoms with E-state index in [9.17, 15) is 5.11 Å². The summed E-state index contributed by atoms with van der Waals surface area (Å²) in [5.74, 6) is 2.23. The smallest absolute Gasteiger partial charge is 0.165 e. The first kappa shape index (κ1) is 13.2. The van der Waals surface area contributed by atoms with Crippen LogP contribution in [0.2, 0.25) is 0 Å². The summed E-state index contributed by atoms with van der Waals surface area (Å²) in [6, 6.07) is 4.58. The number of nitrogens with zero attached hydrogens (tertiary/aromatic N) is 1. The van der Waals surface area contributed by atoms with Crippen LogP contribution >= 0.6 is 0 Å². The molecule has 112 valence electrons. The highest BCUT2D eigenvalue weighted by atomic mass is 16.5. The van der Waals surface area contributed by atoms with Crippen LogP contribution in [0.1, 0.15) is 17.0 Å². The lowest BCUT2D eigenvalue weighted by Crippen LogP contribution is -2.48. The quantitative estimate of drug-likeness (QED) is 0.839. The number of methoxy groups -OCH3 is 1. The summed E-state index contributed by atoms with van der Waals surface area (Å²) in [6.07, 6.45) is 4.35. The first-order valence-corrected chi connectivity index (χ1v) is 7.51. The normalized spacial score (nSPS) is 35.6. The Labute approximate surface area is 125 Å². The summed E-state index contributed by atoms with van der Waals surface area (Å²) < 4.78 is 11.6. The van der Waals surface area contributed by atoms with E-state index in [1.54, 1.807) is 7.11 Å². The van der Waals surface area contributed by atoms with Gasteiger partial charge in [0, 0.05) is 23.4 Å². The molecule has 0 bridgehead atoms. The van der Waals surface area contributed by atoms with Crippen molar-refractivity contribution in [1.29, 1.82) is 0 Å². The van der Waals surface area contributed by atoms with Crippen LogP contribution in [0.15, 0.2) is 24.3 Å². The summed E-state index contributed by atoms with van der Waals surface area (Å²) in [4.78, 5) is 2.29. The van der Waals surface area contributed by atoms with Crippen molar-refractivity contribution in [3.8, 4) is 11.5 Å². The summed E-state index contributed by atoms with van der Waals surface area (Å²) in [7, 11) is 5.93. The minimum absolute atomic E-state index is 0.187. The number of hydrogen-bond donors (Lipinski definition) is 1. The molecule has 4 nitrogen and oxygen atoms in total. The molecule has 1 aliphatic heterocycles. The Kier molecular flexibility index (Phi) is 2.81. The lowest BCUT2D eigenvalue weighted by atomic mass is 9.67. The van der Waals surface area contributed by atoms with Crippen molar-refractivity contribution >= 4 is 0 Å². The van der Waals surface area contributed by atoms with E-state index in [4.69, 9.17) is 9.47 Å². The van der Waals surface area contributed by atoms with Crippen molar-refractivity contribution in [1.82, 2.24) is 4.90 Å². The van der Waals surface area contributed by atoms with E-state index in [0.29, 0.717) is 12.0 Å². The maximum absolute atomic E-state index is 10.3. The number of hydrogen-bond acceptors (Lipinski definition) is 4. The van der Waals surface area contributed by atoms with Crippen LogP contribution in [-0.2, 0) is 6.42 Å². The highest BCUT2D eigenvalue weighted by Crippen LogP contribution is 2.55. The second-order valence-electron chi connectivity index (χ2n) is 6.47. The highest BCUT2D eigenvalue weighted by molar-refractivity contribution is 5.58. The second kappa shape index (κ2) is 4.49. The molecule has 1 aromatic rings. The summed E-state index contributed by atoms with van der Waals surface area (Å²) in [6.45, 7) is 0. The molecule has 4 heteroatoms. The maximum Gasteiger partial charge on any atom is 0.165 e. The minimum Gasteiger partial charge on any atom is -0.493 e. The molecular formula is C17H21NO3. The fraction of sp³-hybridized carbons (Fsp3) is 0.529. The second-order valence-corrected chi connectivity index (χ2v) is 6.47. The summed E-state index contributed by atoms with van der Waals surface area (Å²) in [5.41, 5.74) is 2.58. The molecule has 0 radical (unpaired) electrons. The van der Waals surface area contributed by atoms with Gasteiger partial charge in [0.05, 0.1) is 7.11 Å². The molecule has 1 aromatic carbocycles. The summed E-state index contributed by atoms with van der Waals surface area (Å²) >= 11 is 0. The van der Waals surface area contributed by atoms with E-state index in [-0.39, 0.29) is 12.0 Å². The van der Waals surface area contributed by atoms with Crippen LogP contribution < -0.4 is 9.47 Å². The van der Waals surface area contributed by atoms with Gasteiger partial charge < -0.3 is 19.5 Å². The van der Waals surface area contributed by atoms with E-state index in [1.807, 2.05) is 12.1 Å². The van der Waals surface area contributed by atoms with Gasteiger partial charge in [0.1, 0.15) is 12.2 Å². The van der Waals surface area contributed by atoms with Crippen molar-refractivity contribution < 1.29 is 14.6 Å². The van der Waals surface area contributed by atoms with Crippen LogP contribution in [0.25, 0.3) is 0 Å². The van der Waals surface area contributed by atoms with Gasteiger partial charge in [-0.15, -0.1) is 0 Å². The van der Waals surface area contributed by atoms with Gasteiger partial charge in [0.15, 0.2) is 11.5 Å². The molecule has 0 fully saturated rings. The first-order valence-electron chi connectivity index (χ1n) is 7.51. The fourth-order valence-corrected chi connectivity index (χ4v) is 4.24. The van der Waals surface area contributed by atoms with E-state index < -0.39 is 6.10 Å². The van der Waals surface area contributed by atoms with Crippen molar-refractivity contribution in [2.75, 3.05) is 21.2 Å². The molecule has 1 N–H and O–H groups in total. The van der Waals surface area contributed by atoms with Gasteiger partial charge in [-0.25, -0.2) is 0 Å². The Bertz CT molecular complexity index is 610. The zero-order valence-corrected chi connectivity index (χ0v) is 12.6. The lowest BCUT2D eigenvalue weighted by molar-refractivity contribution is 0.0345. The molecule has 0 saturated heterocycles. The Hall–Kier alpha value is -1.52. The summed E-state index contributed by atoms with van der Waals surface area (Å²) in [5, 5.41) is 10.3. The predicted molar refractivity (Wildman–Crippen MR) is 80.0 cm³/mol. The van der Waals surface area contributed by atoms with E-state index in [0.717, 1.165) is 17.9 Å². The van der Waals surface area contributed by atoms with Crippen molar-refractivity contribution in [2.45, 2.75) is 30.6 Å². The number of ether oxygens (including phenoxy) is 2. The third-order valence-corrected chi connectivity index (χ3v) is 5.23. The molecule has 4 rings (SSSR count). The molecule has 3 aliphatic rings. The molecule has 0 aromatic heterocycles. The highest BCUT2D eigenvalue weighted by Gasteiger charge is 2.51. The molecular weight excluding hydrogens is 266 g/mol. The standard InChI is InChI=1S/C17H21NO3/c1-18(2)11-8-9-4-7-13(20-3)17-14(9)15-10(11)5-6-12(19)16(15)21-17/h4-7,10-12,15-16,19H,8H2,1-3H3/t10-,11+,12-,15?,16-/m0/s1.